The summed E-state index contributed by atoms with van der Waals surface area (Å²) in [7, 11) is -3.50. The molecule has 180 valence electrons. The minimum Gasteiger partial charge on any atom is -0.355 e. The van der Waals surface area contributed by atoms with Gasteiger partial charge in [0, 0.05) is 26.1 Å². The van der Waals surface area contributed by atoms with Gasteiger partial charge in [0.25, 0.3) is 0 Å². The standard InChI is InChI=1S/C25H35N3O4S/c1-6-26-25(30)21(4)27(18-22-13-8-7-12-20(22)3)24(29)15-10-16-28(33(5,31)32)23-14-9-11-19(2)17-23/h7-9,11-14,17,21H,6,10,15-16,18H2,1-5H3,(H,26,30)/t21-/m0/s1. The van der Waals surface area contributed by atoms with Crippen LogP contribution in [0.25, 0.3) is 0 Å². The normalized spacial score (nSPS) is 12.2. The molecule has 0 heterocycles. The lowest BCUT2D eigenvalue weighted by Gasteiger charge is -2.30. The summed E-state index contributed by atoms with van der Waals surface area (Å²) in [5.41, 5.74) is 3.55. The van der Waals surface area contributed by atoms with Crippen LogP contribution in [0, 0.1) is 13.8 Å². The maximum atomic E-state index is 13.2. The minimum absolute atomic E-state index is 0.132. The van der Waals surface area contributed by atoms with E-state index in [1.165, 1.54) is 10.6 Å². The molecule has 0 aromatic heterocycles. The summed E-state index contributed by atoms with van der Waals surface area (Å²) in [6.07, 6.45) is 1.64. The molecular weight excluding hydrogens is 438 g/mol. The number of likely N-dealkylation sites (N-methyl/N-ethyl adjacent to an activating group) is 1. The maximum Gasteiger partial charge on any atom is 0.242 e. The van der Waals surface area contributed by atoms with Gasteiger partial charge in [0.15, 0.2) is 0 Å². The van der Waals surface area contributed by atoms with Crippen LogP contribution in [0.4, 0.5) is 5.69 Å². The number of hydrogen-bond acceptors (Lipinski definition) is 4. The van der Waals surface area contributed by atoms with Crippen molar-refractivity contribution in [1.82, 2.24) is 10.2 Å². The molecule has 0 bridgehead atoms. The topological polar surface area (TPSA) is 86.8 Å². The van der Waals surface area contributed by atoms with Gasteiger partial charge in [-0.05, 0) is 62.9 Å². The molecule has 0 aliphatic rings. The van der Waals surface area contributed by atoms with Gasteiger partial charge in [-0.15, -0.1) is 0 Å². The molecule has 0 fully saturated rings. The molecule has 0 aliphatic heterocycles. The first-order chi connectivity index (χ1) is 15.5. The summed E-state index contributed by atoms with van der Waals surface area (Å²) >= 11 is 0. The van der Waals surface area contributed by atoms with Crippen molar-refractivity contribution < 1.29 is 18.0 Å². The average molecular weight is 474 g/mol. The summed E-state index contributed by atoms with van der Waals surface area (Å²) in [5.74, 6) is -0.397. The smallest absolute Gasteiger partial charge is 0.242 e. The van der Waals surface area contributed by atoms with Crippen LogP contribution in [0.3, 0.4) is 0 Å². The van der Waals surface area contributed by atoms with Crippen molar-refractivity contribution in [2.75, 3.05) is 23.7 Å². The van der Waals surface area contributed by atoms with Crippen molar-refractivity contribution in [1.29, 1.82) is 0 Å². The van der Waals surface area contributed by atoms with Crippen LogP contribution in [0.15, 0.2) is 48.5 Å². The van der Waals surface area contributed by atoms with Gasteiger partial charge in [-0.25, -0.2) is 8.42 Å². The lowest BCUT2D eigenvalue weighted by Crippen LogP contribution is -2.47. The van der Waals surface area contributed by atoms with Crippen molar-refractivity contribution in [2.24, 2.45) is 0 Å². The Morgan fingerprint density at radius 1 is 1.06 bits per heavy atom. The number of amides is 2. The van der Waals surface area contributed by atoms with Crippen molar-refractivity contribution in [3.63, 3.8) is 0 Å². The van der Waals surface area contributed by atoms with Crippen LogP contribution in [0.5, 0.6) is 0 Å². The van der Waals surface area contributed by atoms with Crippen LogP contribution >= 0.6 is 0 Å². The Labute approximate surface area is 197 Å². The average Bonchev–Trinajstić information content (AvgIpc) is 2.74. The van der Waals surface area contributed by atoms with Crippen molar-refractivity contribution in [3.05, 3.63) is 65.2 Å². The molecule has 1 N–H and O–H groups in total. The fourth-order valence-corrected chi connectivity index (χ4v) is 4.62. The first-order valence-corrected chi connectivity index (χ1v) is 13.1. The third-order valence-corrected chi connectivity index (χ3v) is 6.76. The fourth-order valence-electron chi connectivity index (χ4n) is 3.66. The number of benzene rings is 2. The zero-order chi connectivity index (χ0) is 24.6. The Morgan fingerprint density at radius 2 is 1.76 bits per heavy atom. The Bertz CT molecular complexity index is 1070. The first-order valence-electron chi connectivity index (χ1n) is 11.2. The summed E-state index contributed by atoms with van der Waals surface area (Å²) in [6, 6.07) is 14.4. The number of nitrogens with zero attached hydrogens (tertiary/aromatic N) is 2. The Morgan fingerprint density at radius 3 is 2.36 bits per heavy atom. The van der Waals surface area contributed by atoms with E-state index in [1.807, 2.05) is 63.2 Å². The van der Waals surface area contributed by atoms with E-state index in [0.717, 1.165) is 16.7 Å². The summed E-state index contributed by atoms with van der Waals surface area (Å²) < 4.78 is 26.1. The number of carbonyl (C=O) groups excluding carboxylic acids is 2. The van der Waals surface area contributed by atoms with E-state index in [0.29, 0.717) is 25.2 Å². The van der Waals surface area contributed by atoms with Crippen LogP contribution in [0.1, 0.15) is 43.4 Å². The zero-order valence-corrected chi connectivity index (χ0v) is 21.0. The highest BCUT2D eigenvalue weighted by Gasteiger charge is 2.26. The zero-order valence-electron chi connectivity index (χ0n) is 20.2. The highest BCUT2D eigenvalue weighted by molar-refractivity contribution is 7.92. The number of carbonyl (C=O) groups is 2. The lowest BCUT2D eigenvalue weighted by molar-refractivity contribution is -0.140. The minimum atomic E-state index is -3.50. The van der Waals surface area contributed by atoms with Crippen molar-refractivity contribution in [2.45, 2.75) is 53.1 Å². The molecule has 1 atom stereocenters. The van der Waals surface area contributed by atoms with Crippen molar-refractivity contribution >= 4 is 27.5 Å². The molecular formula is C25H35N3O4S. The molecule has 0 saturated heterocycles. The molecule has 0 radical (unpaired) electrons. The van der Waals surface area contributed by atoms with E-state index >= 15 is 0 Å². The Hall–Kier alpha value is -2.87. The fraction of sp³-hybridized carbons (Fsp3) is 0.440. The largest absolute Gasteiger partial charge is 0.355 e. The van der Waals surface area contributed by atoms with E-state index in [9.17, 15) is 18.0 Å². The first kappa shape index (κ1) is 26.4. The van der Waals surface area contributed by atoms with Gasteiger partial charge in [0.1, 0.15) is 6.04 Å². The number of rotatable bonds is 11. The summed E-state index contributed by atoms with van der Waals surface area (Å²) in [4.78, 5) is 27.3. The molecule has 8 heteroatoms. The molecule has 2 rings (SSSR count). The third kappa shape index (κ3) is 7.60. The second kappa shape index (κ2) is 11.8. The molecule has 2 amide bonds. The van der Waals surface area contributed by atoms with E-state index in [-0.39, 0.29) is 24.8 Å². The van der Waals surface area contributed by atoms with E-state index in [4.69, 9.17) is 0 Å². The molecule has 2 aromatic rings. The van der Waals surface area contributed by atoms with E-state index < -0.39 is 16.1 Å². The Balaban J connectivity index is 2.16. The number of hydrogen-bond donors (Lipinski definition) is 1. The third-order valence-electron chi connectivity index (χ3n) is 5.56. The van der Waals surface area contributed by atoms with Gasteiger partial charge in [0.05, 0.1) is 11.9 Å². The van der Waals surface area contributed by atoms with Gasteiger partial charge < -0.3 is 10.2 Å². The molecule has 0 saturated carbocycles. The molecule has 0 spiro atoms. The van der Waals surface area contributed by atoms with Crippen molar-refractivity contribution in [3.8, 4) is 0 Å². The van der Waals surface area contributed by atoms with E-state index in [2.05, 4.69) is 5.32 Å². The molecule has 7 nitrogen and oxygen atoms in total. The highest BCUT2D eigenvalue weighted by Crippen LogP contribution is 2.20. The Kier molecular flexibility index (Phi) is 9.46. The second-order valence-electron chi connectivity index (χ2n) is 8.30. The quantitative estimate of drug-likeness (QED) is 0.542. The van der Waals surface area contributed by atoms with Crippen LogP contribution in [-0.4, -0.2) is 50.5 Å². The van der Waals surface area contributed by atoms with Crippen LogP contribution in [-0.2, 0) is 26.2 Å². The van der Waals surface area contributed by atoms with Gasteiger partial charge in [-0.1, -0.05) is 36.4 Å². The molecule has 0 unspecified atom stereocenters. The second-order valence-corrected chi connectivity index (χ2v) is 10.2. The molecule has 0 aliphatic carbocycles. The number of anilines is 1. The highest BCUT2D eigenvalue weighted by atomic mass is 32.2. The molecule has 2 aromatic carbocycles. The monoisotopic (exact) mass is 473 g/mol. The van der Waals surface area contributed by atoms with Crippen LogP contribution in [0.2, 0.25) is 0 Å². The predicted octanol–water partition coefficient (Wildman–Crippen LogP) is 3.40. The number of aryl methyl sites for hydroxylation is 2. The predicted molar refractivity (Wildman–Crippen MR) is 132 cm³/mol. The number of sulfonamides is 1. The summed E-state index contributed by atoms with van der Waals surface area (Å²) in [5, 5.41) is 2.78. The van der Waals surface area contributed by atoms with Gasteiger partial charge >= 0.3 is 0 Å². The maximum absolute atomic E-state index is 13.2. The lowest BCUT2D eigenvalue weighted by atomic mass is 10.1. The number of nitrogens with one attached hydrogen (secondary N) is 1. The molecule has 33 heavy (non-hydrogen) atoms. The van der Waals surface area contributed by atoms with Gasteiger partial charge in [0.2, 0.25) is 21.8 Å². The summed E-state index contributed by atoms with van der Waals surface area (Å²) in [6.45, 7) is 8.41. The van der Waals surface area contributed by atoms with E-state index in [1.54, 1.807) is 17.9 Å². The van der Waals surface area contributed by atoms with Gasteiger partial charge in [-0.2, -0.15) is 0 Å². The SMILES string of the molecule is CCNC(=O)[C@H](C)N(Cc1ccccc1C)C(=O)CCCN(c1cccc(C)c1)S(C)(=O)=O. The van der Waals surface area contributed by atoms with Gasteiger partial charge in [-0.3, -0.25) is 13.9 Å². The van der Waals surface area contributed by atoms with Crippen LogP contribution < -0.4 is 9.62 Å².